The van der Waals surface area contributed by atoms with Crippen molar-refractivity contribution < 1.29 is 9.53 Å². The normalized spacial score (nSPS) is 17.9. The van der Waals surface area contributed by atoms with Gasteiger partial charge >= 0.3 is 0 Å². The fraction of sp³-hybridized carbons (Fsp3) is 0.800. The van der Waals surface area contributed by atoms with E-state index in [4.69, 9.17) is 10.5 Å². The van der Waals surface area contributed by atoms with Gasteiger partial charge < -0.3 is 15.8 Å². The third-order valence-corrected chi connectivity index (χ3v) is 3.75. The lowest BCUT2D eigenvalue weighted by molar-refractivity contribution is -0.122. The highest BCUT2D eigenvalue weighted by Gasteiger charge is 2.23. The van der Waals surface area contributed by atoms with Gasteiger partial charge in [0.15, 0.2) is 0 Å². The first kappa shape index (κ1) is 16.2. The molecule has 0 aromatic heterocycles. The molecule has 0 heterocycles. The molecule has 1 unspecified atom stereocenters. The number of nitrogens with two attached hydrogens (primary N) is 1. The average molecular weight is 268 g/mol. The zero-order valence-corrected chi connectivity index (χ0v) is 11.9. The summed E-state index contributed by atoms with van der Waals surface area (Å²) >= 11 is 0. The Bertz CT molecular complexity index is 263. The molecule has 1 atom stereocenters. The van der Waals surface area contributed by atoms with E-state index in [0.717, 1.165) is 6.42 Å². The van der Waals surface area contributed by atoms with Crippen molar-refractivity contribution in [2.75, 3.05) is 19.8 Å². The topological polar surface area (TPSA) is 64.3 Å². The minimum atomic E-state index is 0.100. The summed E-state index contributed by atoms with van der Waals surface area (Å²) < 4.78 is 5.26. The van der Waals surface area contributed by atoms with Crippen molar-refractivity contribution in [2.24, 2.45) is 11.7 Å². The van der Waals surface area contributed by atoms with Gasteiger partial charge in [-0.2, -0.15) is 0 Å². The first-order valence-electron chi connectivity index (χ1n) is 7.46. The second-order valence-electron chi connectivity index (χ2n) is 5.27. The van der Waals surface area contributed by atoms with Crippen molar-refractivity contribution in [2.45, 2.75) is 51.0 Å². The maximum Gasteiger partial charge on any atom is 0.220 e. The maximum atomic E-state index is 11.8. The van der Waals surface area contributed by atoms with E-state index in [1.807, 2.05) is 0 Å². The van der Waals surface area contributed by atoms with Crippen molar-refractivity contribution in [1.29, 1.82) is 0 Å². The van der Waals surface area contributed by atoms with Crippen LogP contribution in [-0.2, 0) is 9.53 Å². The van der Waals surface area contributed by atoms with Crippen LogP contribution in [0.1, 0.15) is 44.9 Å². The van der Waals surface area contributed by atoms with Gasteiger partial charge in [0.2, 0.25) is 5.91 Å². The molecule has 4 nitrogen and oxygen atoms in total. The molecule has 1 rings (SSSR count). The van der Waals surface area contributed by atoms with Gasteiger partial charge in [-0.1, -0.05) is 25.3 Å². The fourth-order valence-corrected chi connectivity index (χ4v) is 2.69. The predicted octanol–water partition coefficient (Wildman–Crippen LogP) is 1.99. The average Bonchev–Trinajstić information content (AvgIpc) is 2.45. The molecular formula is C15H28N2O2. The van der Waals surface area contributed by atoms with E-state index in [9.17, 15) is 4.79 Å². The lowest BCUT2D eigenvalue weighted by Gasteiger charge is -2.30. The molecule has 110 valence electrons. The second-order valence-corrected chi connectivity index (χ2v) is 5.27. The minimum Gasteiger partial charge on any atom is -0.377 e. The first-order chi connectivity index (χ1) is 9.27. The maximum absolute atomic E-state index is 11.8. The van der Waals surface area contributed by atoms with Crippen molar-refractivity contribution in [3.63, 3.8) is 0 Å². The molecule has 0 radical (unpaired) electrons. The van der Waals surface area contributed by atoms with Crippen LogP contribution in [0.25, 0.3) is 0 Å². The molecule has 1 saturated carbocycles. The summed E-state index contributed by atoms with van der Waals surface area (Å²) in [6, 6.07) is 0.155. The van der Waals surface area contributed by atoms with E-state index in [-0.39, 0.29) is 11.9 Å². The van der Waals surface area contributed by atoms with Crippen molar-refractivity contribution in [3.8, 4) is 0 Å². The van der Waals surface area contributed by atoms with Crippen molar-refractivity contribution >= 4 is 5.91 Å². The molecule has 0 aromatic rings. The van der Waals surface area contributed by atoms with Crippen LogP contribution in [0.4, 0.5) is 0 Å². The number of hydrogen-bond donors (Lipinski definition) is 2. The van der Waals surface area contributed by atoms with Crippen LogP contribution in [0, 0.1) is 5.92 Å². The minimum absolute atomic E-state index is 0.100. The van der Waals surface area contributed by atoms with Gasteiger partial charge in [-0.15, -0.1) is 6.58 Å². The van der Waals surface area contributed by atoms with Crippen molar-refractivity contribution in [3.05, 3.63) is 12.7 Å². The van der Waals surface area contributed by atoms with E-state index in [2.05, 4.69) is 11.9 Å². The molecule has 1 aliphatic rings. The Morgan fingerprint density at radius 1 is 1.42 bits per heavy atom. The Morgan fingerprint density at radius 3 is 2.79 bits per heavy atom. The molecule has 0 bridgehead atoms. The van der Waals surface area contributed by atoms with Crippen LogP contribution >= 0.6 is 0 Å². The van der Waals surface area contributed by atoms with Gasteiger partial charge in [-0.25, -0.2) is 0 Å². The van der Waals surface area contributed by atoms with E-state index >= 15 is 0 Å². The highest BCUT2D eigenvalue weighted by molar-refractivity contribution is 5.76. The Morgan fingerprint density at radius 2 is 2.16 bits per heavy atom. The summed E-state index contributed by atoms with van der Waals surface area (Å²) in [6.07, 6.45) is 9.24. The Balaban J connectivity index is 2.18. The number of nitrogens with one attached hydrogen (secondary N) is 1. The van der Waals surface area contributed by atoms with Gasteiger partial charge in [0.25, 0.3) is 0 Å². The summed E-state index contributed by atoms with van der Waals surface area (Å²) in [6.45, 7) is 5.28. The number of rotatable bonds is 9. The highest BCUT2D eigenvalue weighted by atomic mass is 16.5. The molecular weight excluding hydrogens is 240 g/mol. The molecule has 0 aromatic carbocycles. The zero-order chi connectivity index (χ0) is 13.9. The lowest BCUT2D eigenvalue weighted by atomic mass is 9.84. The second kappa shape index (κ2) is 9.98. The van der Waals surface area contributed by atoms with Gasteiger partial charge in [0.1, 0.15) is 0 Å². The first-order valence-corrected chi connectivity index (χ1v) is 7.46. The molecule has 1 fully saturated rings. The van der Waals surface area contributed by atoms with Crippen LogP contribution in [-0.4, -0.2) is 31.7 Å². The number of hydrogen-bond acceptors (Lipinski definition) is 3. The molecule has 0 saturated heterocycles. The third kappa shape index (κ3) is 6.73. The van der Waals surface area contributed by atoms with E-state index in [1.165, 1.54) is 32.1 Å². The SMILES string of the molecule is C=CCOCCCC(=O)NC(CN)C1CCCCC1. The quantitative estimate of drug-likeness (QED) is 0.496. The number of ether oxygens (including phenoxy) is 1. The van der Waals surface area contributed by atoms with Crippen LogP contribution < -0.4 is 11.1 Å². The third-order valence-electron chi connectivity index (χ3n) is 3.75. The van der Waals surface area contributed by atoms with Gasteiger partial charge in [-0.05, 0) is 25.2 Å². The van der Waals surface area contributed by atoms with Crippen LogP contribution in [0.2, 0.25) is 0 Å². The van der Waals surface area contributed by atoms with E-state index < -0.39 is 0 Å². The summed E-state index contributed by atoms with van der Waals surface area (Å²) in [5, 5.41) is 3.09. The highest BCUT2D eigenvalue weighted by Crippen LogP contribution is 2.26. The number of carbonyl (C=O) groups is 1. The monoisotopic (exact) mass is 268 g/mol. The molecule has 1 amide bonds. The summed E-state index contributed by atoms with van der Waals surface area (Å²) in [5.74, 6) is 0.669. The predicted molar refractivity (Wildman–Crippen MR) is 77.8 cm³/mol. The van der Waals surface area contributed by atoms with Gasteiger partial charge in [0, 0.05) is 25.6 Å². The largest absolute Gasteiger partial charge is 0.377 e. The molecule has 4 heteroatoms. The number of carbonyl (C=O) groups excluding carboxylic acids is 1. The molecule has 0 spiro atoms. The molecule has 1 aliphatic carbocycles. The Kier molecular flexibility index (Phi) is 8.50. The summed E-state index contributed by atoms with van der Waals surface area (Å²) in [4.78, 5) is 11.8. The molecule has 0 aliphatic heterocycles. The van der Waals surface area contributed by atoms with Gasteiger partial charge in [-0.3, -0.25) is 4.79 Å². The summed E-state index contributed by atoms with van der Waals surface area (Å²) in [7, 11) is 0. The van der Waals surface area contributed by atoms with Crippen LogP contribution in [0.5, 0.6) is 0 Å². The van der Waals surface area contributed by atoms with Crippen LogP contribution in [0.3, 0.4) is 0 Å². The van der Waals surface area contributed by atoms with Crippen molar-refractivity contribution in [1.82, 2.24) is 5.32 Å². The fourth-order valence-electron chi connectivity index (χ4n) is 2.69. The lowest BCUT2D eigenvalue weighted by Crippen LogP contribution is -2.45. The molecule has 3 N–H and O–H groups in total. The standard InChI is InChI=1S/C15H28N2O2/c1-2-10-19-11-6-9-15(18)17-14(12-16)13-7-4-3-5-8-13/h2,13-14H,1,3-12,16H2,(H,17,18). The number of amides is 1. The van der Waals surface area contributed by atoms with Gasteiger partial charge in [0.05, 0.1) is 6.61 Å². The summed E-state index contributed by atoms with van der Waals surface area (Å²) in [5.41, 5.74) is 5.80. The van der Waals surface area contributed by atoms with Crippen LogP contribution in [0.15, 0.2) is 12.7 Å². The smallest absolute Gasteiger partial charge is 0.220 e. The van der Waals surface area contributed by atoms with E-state index in [0.29, 0.717) is 32.1 Å². The van der Waals surface area contributed by atoms with E-state index in [1.54, 1.807) is 6.08 Å². The Labute approximate surface area is 116 Å². The molecule has 19 heavy (non-hydrogen) atoms. The Hall–Kier alpha value is -0.870. The zero-order valence-electron chi connectivity index (χ0n) is 11.9.